The molecule has 1 aliphatic carbocycles. The number of ether oxygens (including phenoxy) is 1. The topological polar surface area (TPSA) is 29.5 Å². The van der Waals surface area contributed by atoms with Gasteiger partial charge in [-0.15, -0.1) is 6.58 Å². The zero-order chi connectivity index (χ0) is 16.4. The number of likely N-dealkylation sites (tertiary alicyclic amines) is 1. The number of hydrogen-bond acceptors (Lipinski definition) is 2. The third-order valence-corrected chi connectivity index (χ3v) is 5.30. The monoisotopic (exact) mass is 317 g/mol. The van der Waals surface area contributed by atoms with Gasteiger partial charge in [-0.25, -0.2) is 4.39 Å². The van der Waals surface area contributed by atoms with Gasteiger partial charge in [-0.05, 0) is 42.5 Å². The number of piperidine rings is 1. The Morgan fingerprint density at radius 1 is 1.48 bits per heavy atom. The summed E-state index contributed by atoms with van der Waals surface area (Å²) in [6.07, 6.45) is 4.91. The molecular formula is C19H24FNO2. The Morgan fingerprint density at radius 2 is 2.22 bits per heavy atom. The van der Waals surface area contributed by atoms with Crippen LogP contribution >= 0.6 is 0 Å². The highest BCUT2D eigenvalue weighted by molar-refractivity contribution is 5.76. The molecule has 1 aromatic carbocycles. The second kappa shape index (κ2) is 6.44. The Morgan fingerprint density at radius 3 is 2.87 bits per heavy atom. The SMILES string of the molecule is C=CCOC1CC2(CCN(C(=O)CC)CC2)c2cc(F)ccc21. The van der Waals surface area contributed by atoms with E-state index < -0.39 is 0 Å². The van der Waals surface area contributed by atoms with Crippen LogP contribution in [0.4, 0.5) is 4.39 Å². The van der Waals surface area contributed by atoms with Crippen molar-refractivity contribution in [1.82, 2.24) is 4.90 Å². The predicted octanol–water partition coefficient (Wildman–Crippen LogP) is 3.74. The van der Waals surface area contributed by atoms with Crippen molar-refractivity contribution in [2.24, 2.45) is 0 Å². The summed E-state index contributed by atoms with van der Waals surface area (Å²) in [5.41, 5.74) is 2.12. The summed E-state index contributed by atoms with van der Waals surface area (Å²) >= 11 is 0. The third-order valence-electron chi connectivity index (χ3n) is 5.30. The smallest absolute Gasteiger partial charge is 0.222 e. The highest BCUT2D eigenvalue weighted by Gasteiger charge is 2.46. The van der Waals surface area contributed by atoms with Crippen molar-refractivity contribution in [3.63, 3.8) is 0 Å². The van der Waals surface area contributed by atoms with Crippen LogP contribution in [0.1, 0.15) is 49.8 Å². The number of hydrogen-bond donors (Lipinski definition) is 0. The van der Waals surface area contributed by atoms with E-state index >= 15 is 0 Å². The molecule has 1 aliphatic heterocycles. The largest absolute Gasteiger partial charge is 0.369 e. The molecule has 2 aliphatic rings. The summed E-state index contributed by atoms with van der Waals surface area (Å²) in [5, 5.41) is 0. The van der Waals surface area contributed by atoms with Crippen molar-refractivity contribution in [2.75, 3.05) is 19.7 Å². The fraction of sp³-hybridized carbons (Fsp3) is 0.526. The molecule has 23 heavy (non-hydrogen) atoms. The maximum atomic E-state index is 13.8. The van der Waals surface area contributed by atoms with Gasteiger partial charge in [0.15, 0.2) is 0 Å². The van der Waals surface area contributed by atoms with E-state index in [1.807, 2.05) is 17.9 Å². The Hall–Kier alpha value is -1.68. The lowest BCUT2D eigenvalue weighted by Crippen LogP contribution is -2.44. The Balaban J connectivity index is 1.85. The first-order valence-electron chi connectivity index (χ1n) is 8.40. The first-order valence-corrected chi connectivity index (χ1v) is 8.40. The lowest BCUT2D eigenvalue weighted by atomic mass is 9.73. The highest BCUT2D eigenvalue weighted by atomic mass is 19.1. The molecule has 1 spiro atoms. The lowest BCUT2D eigenvalue weighted by molar-refractivity contribution is -0.132. The maximum Gasteiger partial charge on any atom is 0.222 e. The van der Waals surface area contributed by atoms with E-state index in [0.717, 1.165) is 43.5 Å². The number of nitrogens with zero attached hydrogens (tertiary/aromatic N) is 1. The van der Waals surface area contributed by atoms with Crippen LogP contribution in [0.15, 0.2) is 30.9 Å². The number of benzene rings is 1. The Labute approximate surface area is 137 Å². The number of carbonyl (C=O) groups excluding carboxylic acids is 1. The molecular weight excluding hydrogens is 293 g/mol. The van der Waals surface area contributed by atoms with Crippen LogP contribution in [0.2, 0.25) is 0 Å². The fourth-order valence-electron chi connectivity index (χ4n) is 4.06. The summed E-state index contributed by atoms with van der Waals surface area (Å²) in [4.78, 5) is 13.8. The summed E-state index contributed by atoms with van der Waals surface area (Å²) in [6.45, 7) is 7.59. The normalized spacial score (nSPS) is 22.2. The molecule has 0 saturated carbocycles. The van der Waals surface area contributed by atoms with E-state index in [4.69, 9.17) is 4.74 Å². The van der Waals surface area contributed by atoms with Gasteiger partial charge in [-0.1, -0.05) is 19.1 Å². The quantitative estimate of drug-likeness (QED) is 0.792. The van der Waals surface area contributed by atoms with Crippen LogP contribution in [0.25, 0.3) is 0 Å². The molecule has 1 amide bonds. The van der Waals surface area contributed by atoms with Crippen molar-refractivity contribution in [3.05, 3.63) is 47.8 Å². The minimum Gasteiger partial charge on any atom is -0.369 e. The van der Waals surface area contributed by atoms with Gasteiger partial charge in [0, 0.05) is 24.9 Å². The zero-order valence-electron chi connectivity index (χ0n) is 13.7. The van der Waals surface area contributed by atoms with E-state index in [0.29, 0.717) is 13.0 Å². The third kappa shape index (κ3) is 2.92. The Bertz CT molecular complexity index is 605. The van der Waals surface area contributed by atoms with Crippen LogP contribution in [-0.2, 0) is 14.9 Å². The van der Waals surface area contributed by atoms with Gasteiger partial charge >= 0.3 is 0 Å². The molecule has 1 fully saturated rings. The average molecular weight is 317 g/mol. The minimum atomic E-state index is -0.195. The van der Waals surface area contributed by atoms with Crippen LogP contribution in [0, 0.1) is 5.82 Å². The first-order chi connectivity index (χ1) is 11.1. The Kier molecular flexibility index (Phi) is 4.53. The minimum absolute atomic E-state index is 0.00275. The van der Waals surface area contributed by atoms with E-state index in [1.54, 1.807) is 12.1 Å². The summed E-state index contributed by atoms with van der Waals surface area (Å²) < 4.78 is 19.7. The van der Waals surface area contributed by atoms with Gasteiger partial charge in [0.1, 0.15) is 5.82 Å². The number of amides is 1. The molecule has 0 N–H and O–H groups in total. The van der Waals surface area contributed by atoms with Gasteiger partial charge in [-0.2, -0.15) is 0 Å². The molecule has 124 valence electrons. The number of halogens is 1. The number of carbonyl (C=O) groups is 1. The maximum absolute atomic E-state index is 13.8. The van der Waals surface area contributed by atoms with Crippen LogP contribution < -0.4 is 0 Å². The second-order valence-electron chi connectivity index (χ2n) is 6.56. The van der Waals surface area contributed by atoms with Crippen molar-refractivity contribution >= 4 is 5.91 Å². The second-order valence-corrected chi connectivity index (χ2v) is 6.56. The molecule has 1 unspecified atom stereocenters. The standard InChI is InChI=1S/C19H24FNO2/c1-3-11-23-17-13-19(16-12-14(20)5-6-15(16)17)7-9-21(10-8-19)18(22)4-2/h3,5-6,12,17H,1,4,7-11,13H2,2H3. The highest BCUT2D eigenvalue weighted by Crippen LogP contribution is 2.52. The van der Waals surface area contributed by atoms with Crippen LogP contribution in [-0.4, -0.2) is 30.5 Å². The summed E-state index contributed by atoms with van der Waals surface area (Å²) in [6, 6.07) is 5.04. The molecule has 4 heteroatoms. The van der Waals surface area contributed by atoms with Crippen molar-refractivity contribution in [1.29, 1.82) is 0 Å². The zero-order valence-corrected chi connectivity index (χ0v) is 13.7. The molecule has 0 radical (unpaired) electrons. The molecule has 1 heterocycles. The number of rotatable bonds is 4. The van der Waals surface area contributed by atoms with E-state index in [9.17, 15) is 9.18 Å². The molecule has 1 aromatic rings. The van der Waals surface area contributed by atoms with Crippen LogP contribution in [0.3, 0.4) is 0 Å². The fourth-order valence-corrected chi connectivity index (χ4v) is 4.06. The molecule has 0 aromatic heterocycles. The van der Waals surface area contributed by atoms with Crippen molar-refractivity contribution in [3.8, 4) is 0 Å². The molecule has 1 atom stereocenters. The van der Waals surface area contributed by atoms with Crippen molar-refractivity contribution in [2.45, 2.75) is 44.1 Å². The van der Waals surface area contributed by atoms with Crippen molar-refractivity contribution < 1.29 is 13.9 Å². The summed E-state index contributed by atoms with van der Waals surface area (Å²) in [5.74, 6) is 0.0105. The first kappa shape index (κ1) is 16.2. The molecule has 3 rings (SSSR count). The van der Waals surface area contributed by atoms with E-state index in [1.165, 1.54) is 6.07 Å². The van der Waals surface area contributed by atoms with Gasteiger partial charge in [-0.3, -0.25) is 4.79 Å². The van der Waals surface area contributed by atoms with Gasteiger partial charge in [0.05, 0.1) is 12.7 Å². The van der Waals surface area contributed by atoms with Crippen LogP contribution in [0.5, 0.6) is 0 Å². The molecule has 1 saturated heterocycles. The summed E-state index contributed by atoms with van der Waals surface area (Å²) in [7, 11) is 0. The number of fused-ring (bicyclic) bond motifs is 2. The lowest BCUT2D eigenvalue weighted by Gasteiger charge is -2.40. The van der Waals surface area contributed by atoms with Gasteiger partial charge in [0.2, 0.25) is 5.91 Å². The average Bonchev–Trinajstić information content (AvgIpc) is 2.86. The molecule has 3 nitrogen and oxygen atoms in total. The van der Waals surface area contributed by atoms with E-state index in [2.05, 4.69) is 6.58 Å². The van der Waals surface area contributed by atoms with E-state index in [-0.39, 0.29) is 23.2 Å². The predicted molar refractivity (Wildman–Crippen MR) is 87.7 cm³/mol. The molecule has 0 bridgehead atoms. The van der Waals surface area contributed by atoms with Gasteiger partial charge in [0.25, 0.3) is 0 Å². The van der Waals surface area contributed by atoms with Gasteiger partial charge < -0.3 is 9.64 Å².